The molecule has 1 heterocycles. The summed E-state index contributed by atoms with van der Waals surface area (Å²) in [5.41, 5.74) is -0.326. The Labute approximate surface area is 107 Å². The van der Waals surface area contributed by atoms with Crippen LogP contribution in [0.25, 0.3) is 0 Å². The van der Waals surface area contributed by atoms with Crippen LogP contribution in [0, 0.1) is 0 Å². The van der Waals surface area contributed by atoms with Gasteiger partial charge in [-0.3, -0.25) is 14.4 Å². The molecular formula is C12H21N3O3. The molecule has 1 aliphatic rings. The van der Waals surface area contributed by atoms with Gasteiger partial charge in [-0.05, 0) is 20.8 Å². The third-order valence-corrected chi connectivity index (χ3v) is 2.64. The summed E-state index contributed by atoms with van der Waals surface area (Å²) < 4.78 is 0. The van der Waals surface area contributed by atoms with Gasteiger partial charge in [-0.25, -0.2) is 0 Å². The van der Waals surface area contributed by atoms with Gasteiger partial charge in [0.15, 0.2) is 0 Å². The first-order chi connectivity index (χ1) is 8.31. The molecule has 1 fully saturated rings. The van der Waals surface area contributed by atoms with E-state index in [1.54, 1.807) is 9.80 Å². The molecule has 6 heteroatoms. The van der Waals surface area contributed by atoms with Crippen LogP contribution in [0.15, 0.2) is 0 Å². The van der Waals surface area contributed by atoms with E-state index in [9.17, 15) is 14.4 Å². The van der Waals surface area contributed by atoms with Gasteiger partial charge in [0.05, 0.1) is 0 Å². The molecule has 3 amide bonds. The molecule has 0 aromatic rings. The Morgan fingerprint density at radius 2 is 1.72 bits per heavy atom. The van der Waals surface area contributed by atoms with E-state index in [2.05, 4.69) is 5.32 Å². The molecule has 0 aliphatic carbocycles. The highest BCUT2D eigenvalue weighted by atomic mass is 16.2. The number of carbonyl (C=O) groups is 3. The zero-order valence-electron chi connectivity index (χ0n) is 11.2. The summed E-state index contributed by atoms with van der Waals surface area (Å²) in [4.78, 5) is 37.2. The third kappa shape index (κ3) is 4.73. The van der Waals surface area contributed by atoms with Crippen molar-refractivity contribution in [2.24, 2.45) is 0 Å². The van der Waals surface area contributed by atoms with E-state index in [4.69, 9.17) is 0 Å². The van der Waals surface area contributed by atoms with Gasteiger partial charge in [0.1, 0.15) is 6.42 Å². The molecule has 1 aliphatic heterocycles. The molecule has 0 radical (unpaired) electrons. The Kier molecular flexibility index (Phi) is 4.69. The van der Waals surface area contributed by atoms with E-state index in [1.807, 2.05) is 20.8 Å². The second-order valence-corrected chi connectivity index (χ2v) is 5.50. The topological polar surface area (TPSA) is 69.7 Å². The van der Waals surface area contributed by atoms with E-state index in [0.717, 1.165) is 6.41 Å². The number of rotatable bonds is 3. The van der Waals surface area contributed by atoms with Gasteiger partial charge < -0.3 is 15.1 Å². The Hall–Kier alpha value is -1.59. The SMILES string of the molecule is CC(C)(C)NC(=O)CC(=O)N1CCN(C=O)CC1. The average molecular weight is 255 g/mol. The quantitative estimate of drug-likeness (QED) is 0.550. The normalized spacial score (nSPS) is 16.4. The number of amides is 3. The summed E-state index contributed by atoms with van der Waals surface area (Å²) in [5.74, 6) is -0.437. The van der Waals surface area contributed by atoms with Gasteiger partial charge in [-0.1, -0.05) is 0 Å². The van der Waals surface area contributed by atoms with E-state index in [0.29, 0.717) is 26.2 Å². The first-order valence-electron chi connectivity index (χ1n) is 6.10. The van der Waals surface area contributed by atoms with Crippen molar-refractivity contribution in [2.45, 2.75) is 32.7 Å². The Bertz CT molecular complexity index is 328. The summed E-state index contributed by atoms with van der Waals surface area (Å²) in [5, 5.41) is 2.76. The molecule has 0 aromatic heterocycles. The van der Waals surface area contributed by atoms with Crippen LogP contribution in [0.4, 0.5) is 0 Å². The zero-order chi connectivity index (χ0) is 13.8. The lowest BCUT2D eigenvalue weighted by Crippen LogP contribution is -2.50. The van der Waals surface area contributed by atoms with Crippen molar-refractivity contribution >= 4 is 18.2 Å². The molecule has 1 N–H and O–H groups in total. The van der Waals surface area contributed by atoms with E-state index < -0.39 is 0 Å². The van der Waals surface area contributed by atoms with Crippen LogP contribution in [0.2, 0.25) is 0 Å². The van der Waals surface area contributed by atoms with Gasteiger partial charge in [0.25, 0.3) is 0 Å². The Morgan fingerprint density at radius 1 is 1.17 bits per heavy atom. The van der Waals surface area contributed by atoms with Gasteiger partial charge in [-0.2, -0.15) is 0 Å². The summed E-state index contributed by atoms with van der Waals surface area (Å²) >= 11 is 0. The van der Waals surface area contributed by atoms with Crippen molar-refractivity contribution in [3.8, 4) is 0 Å². The van der Waals surface area contributed by atoms with E-state index in [-0.39, 0.29) is 23.8 Å². The molecule has 6 nitrogen and oxygen atoms in total. The fraction of sp³-hybridized carbons (Fsp3) is 0.750. The smallest absolute Gasteiger partial charge is 0.232 e. The average Bonchev–Trinajstić information content (AvgIpc) is 2.26. The molecule has 0 bridgehead atoms. The first-order valence-corrected chi connectivity index (χ1v) is 6.10. The standard InChI is InChI=1S/C12H21N3O3/c1-12(2,3)13-10(17)8-11(18)15-6-4-14(9-16)5-7-15/h9H,4-8H2,1-3H3,(H,13,17). The third-order valence-electron chi connectivity index (χ3n) is 2.64. The fourth-order valence-corrected chi connectivity index (χ4v) is 1.79. The number of hydrogen-bond acceptors (Lipinski definition) is 3. The molecule has 18 heavy (non-hydrogen) atoms. The maximum absolute atomic E-state index is 11.8. The van der Waals surface area contributed by atoms with E-state index >= 15 is 0 Å². The number of carbonyl (C=O) groups excluding carboxylic acids is 3. The summed E-state index contributed by atoms with van der Waals surface area (Å²) in [6, 6.07) is 0. The van der Waals surface area contributed by atoms with Crippen LogP contribution in [0.5, 0.6) is 0 Å². The summed E-state index contributed by atoms with van der Waals surface area (Å²) in [6.07, 6.45) is 0.659. The Balaban J connectivity index is 2.38. The highest BCUT2D eigenvalue weighted by Crippen LogP contribution is 2.04. The minimum absolute atomic E-state index is 0.127. The highest BCUT2D eigenvalue weighted by molar-refractivity contribution is 5.97. The van der Waals surface area contributed by atoms with Crippen LogP contribution in [-0.2, 0) is 14.4 Å². The molecule has 0 aromatic carbocycles. The van der Waals surface area contributed by atoms with Crippen molar-refractivity contribution < 1.29 is 14.4 Å². The monoisotopic (exact) mass is 255 g/mol. The van der Waals surface area contributed by atoms with Crippen LogP contribution in [0.1, 0.15) is 27.2 Å². The lowest BCUT2D eigenvalue weighted by atomic mass is 10.1. The van der Waals surface area contributed by atoms with Crippen molar-refractivity contribution in [2.75, 3.05) is 26.2 Å². The fourth-order valence-electron chi connectivity index (χ4n) is 1.79. The first kappa shape index (κ1) is 14.5. The predicted octanol–water partition coefficient (Wildman–Crippen LogP) is -0.408. The molecule has 0 unspecified atom stereocenters. The molecular weight excluding hydrogens is 234 g/mol. The highest BCUT2D eigenvalue weighted by Gasteiger charge is 2.23. The summed E-state index contributed by atoms with van der Waals surface area (Å²) in [7, 11) is 0. The van der Waals surface area contributed by atoms with Gasteiger partial charge in [-0.15, -0.1) is 0 Å². The minimum atomic E-state index is -0.326. The van der Waals surface area contributed by atoms with Crippen molar-refractivity contribution in [3.63, 3.8) is 0 Å². The number of nitrogens with one attached hydrogen (secondary N) is 1. The molecule has 0 atom stereocenters. The van der Waals surface area contributed by atoms with Gasteiger partial charge in [0.2, 0.25) is 18.2 Å². The number of hydrogen-bond donors (Lipinski definition) is 1. The molecule has 0 spiro atoms. The predicted molar refractivity (Wildman–Crippen MR) is 66.7 cm³/mol. The largest absolute Gasteiger partial charge is 0.351 e. The van der Waals surface area contributed by atoms with Gasteiger partial charge in [0, 0.05) is 31.7 Å². The van der Waals surface area contributed by atoms with Crippen LogP contribution in [0.3, 0.4) is 0 Å². The van der Waals surface area contributed by atoms with E-state index in [1.165, 1.54) is 0 Å². The lowest BCUT2D eigenvalue weighted by molar-refractivity contribution is -0.139. The second kappa shape index (κ2) is 5.84. The second-order valence-electron chi connectivity index (χ2n) is 5.50. The molecule has 0 saturated carbocycles. The maximum Gasteiger partial charge on any atom is 0.232 e. The van der Waals surface area contributed by atoms with Crippen molar-refractivity contribution in [3.05, 3.63) is 0 Å². The Morgan fingerprint density at radius 3 is 2.17 bits per heavy atom. The lowest BCUT2D eigenvalue weighted by Gasteiger charge is -2.32. The molecule has 1 rings (SSSR count). The number of piperazine rings is 1. The number of nitrogens with zero attached hydrogens (tertiary/aromatic N) is 2. The van der Waals surface area contributed by atoms with Crippen LogP contribution in [-0.4, -0.2) is 59.7 Å². The van der Waals surface area contributed by atoms with Crippen molar-refractivity contribution in [1.82, 2.24) is 15.1 Å². The van der Waals surface area contributed by atoms with Crippen LogP contribution >= 0.6 is 0 Å². The zero-order valence-corrected chi connectivity index (χ0v) is 11.2. The van der Waals surface area contributed by atoms with Gasteiger partial charge >= 0.3 is 0 Å². The van der Waals surface area contributed by atoms with Crippen molar-refractivity contribution in [1.29, 1.82) is 0 Å². The van der Waals surface area contributed by atoms with Crippen LogP contribution < -0.4 is 5.32 Å². The maximum atomic E-state index is 11.8. The molecule has 1 saturated heterocycles. The minimum Gasteiger partial charge on any atom is -0.351 e. The summed E-state index contributed by atoms with van der Waals surface area (Å²) in [6.45, 7) is 7.70. The molecule has 102 valence electrons.